The summed E-state index contributed by atoms with van der Waals surface area (Å²) in [5.74, 6) is -0.896. The summed E-state index contributed by atoms with van der Waals surface area (Å²) < 4.78 is 12.8. The second-order valence-electron chi connectivity index (χ2n) is 5.03. The number of carbonyl (C=O) groups excluding carboxylic acids is 2. The van der Waals surface area contributed by atoms with Crippen molar-refractivity contribution in [3.8, 4) is 0 Å². The van der Waals surface area contributed by atoms with E-state index in [9.17, 15) is 14.0 Å². The number of nitrogens with one attached hydrogen (secondary N) is 2. The largest absolute Gasteiger partial charge is 0.354 e. The van der Waals surface area contributed by atoms with Gasteiger partial charge in [-0.1, -0.05) is 35.3 Å². The lowest BCUT2D eigenvalue weighted by Crippen LogP contribution is -2.35. The summed E-state index contributed by atoms with van der Waals surface area (Å²) in [5, 5.41) is 6.04. The number of hydrogen-bond acceptors (Lipinski definition) is 2. The molecule has 0 atom stereocenters. The van der Waals surface area contributed by atoms with Gasteiger partial charge in [0.2, 0.25) is 5.91 Å². The van der Waals surface area contributed by atoms with Crippen LogP contribution < -0.4 is 10.6 Å². The molecule has 2 aromatic carbocycles. The normalized spacial score (nSPS) is 10.3. The van der Waals surface area contributed by atoms with Gasteiger partial charge in [-0.15, -0.1) is 0 Å². The van der Waals surface area contributed by atoms with E-state index in [0.29, 0.717) is 16.1 Å². The van der Waals surface area contributed by atoms with Crippen molar-refractivity contribution in [2.24, 2.45) is 0 Å². The lowest BCUT2D eigenvalue weighted by atomic mass is 10.1. The van der Waals surface area contributed by atoms with Crippen LogP contribution in [0.15, 0.2) is 42.5 Å². The van der Waals surface area contributed by atoms with Crippen LogP contribution >= 0.6 is 23.2 Å². The Morgan fingerprint density at radius 1 is 0.958 bits per heavy atom. The zero-order valence-electron chi connectivity index (χ0n) is 12.6. The lowest BCUT2D eigenvalue weighted by molar-refractivity contribution is -0.120. The van der Waals surface area contributed by atoms with Gasteiger partial charge in [-0.05, 0) is 35.9 Å². The van der Waals surface area contributed by atoms with Gasteiger partial charge in [0.1, 0.15) is 5.82 Å². The Balaban J connectivity index is 1.73. The molecule has 2 N–H and O–H groups in total. The van der Waals surface area contributed by atoms with Gasteiger partial charge in [0, 0.05) is 18.1 Å². The van der Waals surface area contributed by atoms with Crippen LogP contribution in [-0.4, -0.2) is 24.9 Å². The molecule has 0 heterocycles. The summed E-state index contributed by atoms with van der Waals surface area (Å²) in [5.41, 5.74) is 1.03. The van der Waals surface area contributed by atoms with E-state index >= 15 is 0 Å². The molecule has 0 aliphatic rings. The molecule has 24 heavy (non-hydrogen) atoms. The van der Waals surface area contributed by atoms with Crippen LogP contribution in [0, 0.1) is 5.82 Å². The second-order valence-corrected chi connectivity index (χ2v) is 5.88. The summed E-state index contributed by atoms with van der Waals surface area (Å²) >= 11 is 11.7. The van der Waals surface area contributed by atoms with E-state index in [-0.39, 0.29) is 42.2 Å². The Kier molecular flexibility index (Phi) is 6.58. The van der Waals surface area contributed by atoms with Crippen LogP contribution in [0.5, 0.6) is 0 Å². The van der Waals surface area contributed by atoms with Crippen LogP contribution in [-0.2, 0) is 11.2 Å². The fourth-order valence-electron chi connectivity index (χ4n) is 2.00. The van der Waals surface area contributed by atoms with E-state index in [1.54, 1.807) is 18.2 Å². The van der Waals surface area contributed by atoms with E-state index in [1.165, 1.54) is 24.3 Å². The monoisotopic (exact) mass is 368 g/mol. The van der Waals surface area contributed by atoms with Crippen molar-refractivity contribution < 1.29 is 14.0 Å². The fourth-order valence-corrected chi connectivity index (χ4v) is 2.49. The Morgan fingerprint density at radius 2 is 1.62 bits per heavy atom. The predicted molar refractivity (Wildman–Crippen MR) is 91.9 cm³/mol. The first-order chi connectivity index (χ1) is 11.5. The first-order valence-electron chi connectivity index (χ1n) is 7.20. The van der Waals surface area contributed by atoms with Crippen molar-refractivity contribution in [3.63, 3.8) is 0 Å². The molecule has 0 fully saturated rings. The first-order valence-corrected chi connectivity index (χ1v) is 7.95. The van der Waals surface area contributed by atoms with Crippen molar-refractivity contribution in [2.75, 3.05) is 13.1 Å². The first kappa shape index (κ1) is 18.2. The van der Waals surface area contributed by atoms with Crippen LogP contribution in [0.1, 0.15) is 15.9 Å². The summed E-state index contributed by atoms with van der Waals surface area (Å²) in [4.78, 5) is 23.7. The number of amides is 2. The van der Waals surface area contributed by atoms with Gasteiger partial charge in [0.05, 0.1) is 17.0 Å². The molecule has 0 spiro atoms. The van der Waals surface area contributed by atoms with Crippen molar-refractivity contribution in [2.45, 2.75) is 6.42 Å². The van der Waals surface area contributed by atoms with Crippen LogP contribution in [0.2, 0.25) is 10.0 Å². The zero-order chi connectivity index (χ0) is 17.5. The second kappa shape index (κ2) is 8.66. The number of benzene rings is 2. The van der Waals surface area contributed by atoms with Gasteiger partial charge in [-0.3, -0.25) is 9.59 Å². The molecular weight excluding hydrogens is 354 g/mol. The summed E-state index contributed by atoms with van der Waals surface area (Å²) in [7, 11) is 0. The van der Waals surface area contributed by atoms with E-state index in [1.807, 2.05) is 0 Å². The third kappa shape index (κ3) is 5.51. The average molecular weight is 369 g/mol. The molecular formula is C17H15Cl2FN2O2. The van der Waals surface area contributed by atoms with Crippen LogP contribution in [0.25, 0.3) is 0 Å². The summed E-state index contributed by atoms with van der Waals surface area (Å²) in [6, 6.07) is 10.3. The van der Waals surface area contributed by atoms with E-state index < -0.39 is 0 Å². The van der Waals surface area contributed by atoms with Crippen LogP contribution in [0.4, 0.5) is 4.39 Å². The average Bonchev–Trinajstić information content (AvgIpc) is 2.53. The van der Waals surface area contributed by atoms with E-state index in [4.69, 9.17) is 23.2 Å². The van der Waals surface area contributed by atoms with E-state index in [2.05, 4.69) is 10.6 Å². The van der Waals surface area contributed by atoms with Crippen molar-refractivity contribution >= 4 is 35.0 Å². The molecule has 2 amide bonds. The smallest absolute Gasteiger partial charge is 0.252 e. The topological polar surface area (TPSA) is 58.2 Å². The highest BCUT2D eigenvalue weighted by Gasteiger charge is 2.10. The van der Waals surface area contributed by atoms with Gasteiger partial charge in [0.25, 0.3) is 5.91 Å². The van der Waals surface area contributed by atoms with Gasteiger partial charge in [0.15, 0.2) is 0 Å². The Labute approximate surface area is 149 Å². The third-order valence-corrected chi connectivity index (χ3v) is 3.73. The van der Waals surface area contributed by atoms with Gasteiger partial charge in [-0.25, -0.2) is 4.39 Å². The van der Waals surface area contributed by atoms with Crippen LogP contribution in [0.3, 0.4) is 0 Å². The maximum absolute atomic E-state index is 12.8. The Morgan fingerprint density at radius 3 is 2.29 bits per heavy atom. The number of halogens is 3. The molecule has 7 heteroatoms. The minimum atomic E-state index is -0.345. The molecule has 0 unspecified atom stereocenters. The van der Waals surface area contributed by atoms with Crippen molar-refractivity contribution in [3.05, 3.63) is 69.5 Å². The molecule has 0 aliphatic carbocycles. The molecule has 126 valence electrons. The molecule has 0 aromatic heterocycles. The fraction of sp³-hybridized carbons (Fsp3) is 0.176. The molecule has 0 saturated carbocycles. The summed E-state index contributed by atoms with van der Waals surface area (Å²) in [6.45, 7) is 0.532. The maximum atomic E-state index is 12.8. The molecule has 0 bridgehead atoms. The molecule has 4 nitrogen and oxygen atoms in total. The number of hydrogen-bond donors (Lipinski definition) is 2. The highest BCUT2D eigenvalue weighted by Crippen LogP contribution is 2.20. The molecule has 0 radical (unpaired) electrons. The Bertz CT molecular complexity index is 736. The Hall–Kier alpha value is -2.11. The highest BCUT2D eigenvalue weighted by molar-refractivity contribution is 6.36. The minimum Gasteiger partial charge on any atom is -0.354 e. The van der Waals surface area contributed by atoms with Gasteiger partial charge in [-0.2, -0.15) is 0 Å². The minimum absolute atomic E-state index is 0.150. The maximum Gasteiger partial charge on any atom is 0.252 e. The predicted octanol–water partition coefficient (Wildman–Crippen LogP) is 3.22. The highest BCUT2D eigenvalue weighted by atomic mass is 35.5. The zero-order valence-corrected chi connectivity index (χ0v) is 14.1. The number of rotatable bonds is 6. The lowest BCUT2D eigenvalue weighted by Gasteiger charge is -2.08. The third-order valence-electron chi connectivity index (χ3n) is 3.19. The van der Waals surface area contributed by atoms with E-state index in [0.717, 1.165) is 0 Å². The molecule has 2 aromatic rings. The molecule has 0 aliphatic heterocycles. The quantitative estimate of drug-likeness (QED) is 0.769. The molecule has 2 rings (SSSR count). The van der Waals surface area contributed by atoms with Gasteiger partial charge >= 0.3 is 0 Å². The van der Waals surface area contributed by atoms with Gasteiger partial charge < -0.3 is 10.6 Å². The SMILES string of the molecule is O=C(Cc1ccc(F)cc1)NCCNC(=O)c1ccc(Cl)cc1Cl. The molecule has 0 saturated heterocycles. The number of carbonyl (C=O) groups is 2. The van der Waals surface area contributed by atoms with Crippen molar-refractivity contribution in [1.29, 1.82) is 0 Å². The van der Waals surface area contributed by atoms with Crippen molar-refractivity contribution in [1.82, 2.24) is 10.6 Å². The standard InChI is InChI=1S/C17H15Cl2FN2O2/c18-12-3-6-14(15(19)10-12)17(24)22-8-7-21-16(23)9-11-1-4-13(20)5-2-11/h1-6,10H,7-9H2,(H,21,23)(H,22,24). The summed E-state index contributed by atoms with van der Waals surface area (Å²) in [6.07, 6.45) is 0.150.